The van der Waals surface area contributed by atoms with Crippen molar-refractivity contribution >= 4 is 11.8 Å². The van der Waals surface area contributed by atoms with Gasteiger partial charge < -0.3 is 15.4 Å². The summed E-state index contributed by atoms with van der Waals surface area (Å²) in [4.78, 5) is 22.9. The van der Waals surface area contributed by atoms with Crippen molar-refractivity contribution in [3.8, 4) is 5.75 Å². The molecule has 2 atom stereocenters. The van der Waals surface area contributed by atoms with Crippen molar-refractivity contribution in [1.29, 1.82) is 0 Å². The van der Waals surface area contributed by atoms with Crippen LogP contribution in [0.1, 0.15) is 18.4 Å². The maximum absolute atomic E-state index is 11.8. The zero-order valence-corrected chi connectivity index (χ0v) is 10.5. The minimum atomic E-state index is -0.378. The number of hydrogen-bond donors (Lipinski definition) is 2. The van der Waals surface area contributed by atoms with Crippen LogP contribution in [0.5, 0.6) is 5.75 Å². The predicted octanol–water partition coefficient (Wildman–Crippen LogP) is 0.385. The highest BCUT2D eigenvalue weighted by molar-refractivity contribution is 5.90. The lowest BCUT2D eigenvalue weighted by atomic mass is 10.1. The van der Waals surface area contributed by atoms with E-state index in [1.54, 1.807) is 0 Å². The Bertz CT molecular complexity index is 490. The van der Waals surface area contributed by atoms with Gasteiger partial charge in [0.15, 0.2) is 0 Å². The van der Waals surface area contributed by atoms with Gasteiger partial charge in [-0.15, -0.1) is 0 Å². The van der Waals surface area contributed by atoms with Crippen LogP contribution in [0.3, 0.4) is 0 Å². The first-order valence-corrected chi connectivity index (χ1v) is 6.54. The van der Waals surface area contributed by atoms with Crippen LogP contribution in [0.25, 0.3) is 0 Å². The van der Waals surface area contributed by atoms with E-state index in [1.807, 2.05) is 24.3 Å². The van der Waals surface area contributed by atoms with Crippen LogP contribution in [-0.2, 0) is 16.0 Å². The number of para-hydroxylation sites is 1. The van der Waals surface area contributed by atoms with Crippen molar-refractivity contribution in [3.63, 3.8) is 0 Å². The molecule has 19 heavy (non-hydrogen) atoms. The topological polar surface area (TPSA) is 67.4 Å². The molecule has 0 aromatic heterocycles. The van der Waals surface area contributed by atoms with Gasteiger partial charge in [0.05, 0.1) is 6.54 Å². The molecule has 1 aromatic carbocycles. The van der Waals surface area contributed by atoms with Gasteiger partial charge in [-0.05, 0) is 18.1 Å². The first-order valence-electron chi connectivity index (χ1n) is 6.54. The van der Waals surface area contributed by atoms with Gasteiger partial charge in [0.25, 0.3) is 0 Å². The Morgan fingerprint density at radius 1 is 1.42 bits per heavy atom. The number of nitrogens with one attached hydrogen (secondary N) is 2. The van der Waals surface area contributed by atoms with Gasteiger partial charge in [-0.25, -0.2) is 0 Å². The highest BCUT2D eigenvalue weighted by atomic mass is 16.5. The molecule has 1 aromatic rings. The van der Waals surface area contributed by atoms with E-state index in [9.17, 15) is 9.59 Å². The molecule has 1 saturated heterocycles. The number of ether oxygens (including phenoxy) is 1. The Balaban J connectivity index is 1.49. The second-order valence-corrected chi connectivity index (χ2v) is 4.96. The molecule has 2 N–H and O–H groups in total. The van der Waals surface area contributed by atoms with Gasteiger partial charge in [-0.1, -0.05) is 18.2 Å². The third kappa shape index (κ3) is 2.54. The van der Waals surface area contributed by atoms with Crippen LogP contribution in [-0.4, -0.2) is 30.5 Å². The lowest BCUT2D eigenvalue weighted by Gasteiger charge is -2.14. The number of carbonyl (C=O) groups excluding carboxylic acids is 2. The summed E-state index contributed by atoms with van der Waals surface area (Å²) in [6, 6.07) is 7.52. The highest BCUT2D eigenvalue weighted by Crippen LogP contribution is 2.27. The van der Waals surface area contributed by atoms with Crippen molar-refractivity contribution < 1.29 is 14.3 Å². The standard InChI is InChI=1S/C14H16N2O3/c17-13-6-5-11(16-13)14(18)15-8-10-7-9-3-1-2-4-12(9)19-10/h1-4,10-11H,5-8H2,(H,15,18)(H,16,17). The SMILES string of the molecule is O=C1CCC(C(=O)NCC2Cc3ccccc3O2)N1. The minimum Gasteiger partial charge on any atom is -0.488 e. The van der Waals surface area contributed by atoms with Crippen molar-refractivity contribution in [2.45, 2.75) is 31.4 Å². The van der Waals surface area contributed by atoms with Crippen molar-refractivity contribution in [1.82, 2.24) is 10.6 Å². The highest BCUT2D eigenvalue weighted by Gasteiger charge is 2.28. The predicted molar refractivity (Wildman–Crippen MR) is 68.7 cm³/mol. The van der Waals surface area contributed by atoms with Gasteiger partial charge in [-0.2, -0.15) is 0 Å². The number of amides is 2. The molecule has 0 spiro atoms. The molecular formula is C14H16N2O3. The van der Waals surface area contributed by atoms with Crippen LogP contribution in [0, 0.1) is 0 Å². The maximum Gasteiger partial charge on any atom is 0.242 e. The lowest BCUT2D eigenvalue weighted by Crippen LogP contribution is -2.44. The minimum absolute atomic E-state index is 0.0153. The van der Waals surface area contributed by atoms with Crippen molar-refractivity contribution in [2.75, 3.05) is 6.54 Å². The molecule has 3 rings (SSSR count). The maximum atomic E-state index is 11.8. The Kier molecular flexibility index (Phi) is 3.11. The lowest BCUT2D eigenvalue weighted by molar-refractivity contribution is -0.126. The fourth-order valence-corrected chi connectivity index (χ4v) is 2.52. The van der Waals surface area contributed by atoms with Gasteiger partial charge in [0.1, 0.15) is 17.9 Å². The first-order chi connectivity index (χ1) is 9.22. The second-order valence-electron chi connectivity index (χ2n) is 4.96. The van der Waals surface area contributed by atoms with E-state index in [0.717, 1.165) is 12.2 Å². The Morgan fingerprint density at radius 3 is 3.00 bits per heavy atom. The Labute approximate surface area is 111 Å². The van der Waals surface area contributed by atoms with Gasteiger partial charge in [-0.3, -0.25) is 9.59 Å². The van der Waals surface area contributed by atoms with Gasteiger partial charge in [0.2, 0.25) is 11.8 Å². The summed E-state index contributed by atoms with van der Waals surface area (Å²) in [5, 5.41) is 5.50. The average Bonchev–Trinajstić information content (AvgIpc) is 3.01. The normalized spacial score (nSPS) is 24.5. The molecule has 2 heterocycles. The summed E-state index contributed by atoms with van der Waals surface area (Å²) in [7, 11) is 0. The summed E-state index contributed by atoms with van der Waals surface area (Å²) in [6.45, 7) is 0.472. The monoisotopic (exact) mass is 260 g/mol. The van der Waals surface area contributed by atoms with Crippen LogP contribution in [0.15, 0.2) is 24.3 Å². The molecule has 5 nitrogen and oxygen atoms in total. The summed E-state index contributed by atoms with van der Waals surface area (Å²) >= 11 is 0. The van der Waals surface area contributed by atoms with Gasteiger partial charge >= 0.3 is 0 Å². The molecule has 2 amide bonds. The molecule has 1 fully saturated rings. The second kappa shape index (κ2) is 4.91. The average molecular weight is 260 g/mol. The summed E-state index contributed by atoms with van der Waals surface area (Å²) < 4.78 is 5.74. The Morgan fingerprint density at radius 2 is 2.26 bits per heavy atom. The summed E-state index contributed by atoms with van der Waals surface area (Å²) in [6.07, 6.45) is 1.81. The van der Waals surface area contributed by atoms with E-state index < -0.39 is 0 Å². The Hall–Kier alpha value is -2.04. The van der Waals surface area contributed by atoms with E-state index in [-0.39, 0.29) is 24.0 Å². The molecule has 2 unspecified atom stereocenters. The quantitative estimate of drug-likeness (QED) is 0.826. The molecule has 0 radical (unpaired) electrons. The van der Waals surface area contributed by atoms with E-state index in [1.165, 1.54) is 5.56 Å². The third-order valence-corrected chi connectivity index (χ3v) is 3.53. The zero-order chi connectivity index (χ0) is 13.2. The smallest absolute Gasteiger partial charge is 0.242 e. The molecule has 100 valence electrons. The summed E-state index contributed by atoms with van der Waals surface area (Å²) in [5.41, 5.74) is 1.18. The zero-order valence-electron chi connectivity index (χ0n) is 10.5. The van der Waals surface area contributed by atoms with Crippen LogP contribution in [0.4, 0.5) is 0 Å². The number of benzene rings is 1. The molecule has 0 aliphatic carbocycles. The van der Waals surface area contributed by atoms with E-state index >= 15 is 0 Å². The van der Waals surface area contributed by atoms with Crippen molar-refractivity contribution in [3.05, 3.63) is 29.8 Å². The fraction of sp³-hybridized carbons (Fsp3) is 0.429. The third-order valence-electron chi connectivity index (χ3n) is 3.53. The number of hydrogen-bond acceptors (Lipinski definition) is 3. The van der Waals surface area contributed by atoms with E-state index in [0.29, 0.717) is 19.4 Å². The molecular weight excluding hydrogens is 244 g/mol. The number of rotatable bonds is 3. The van der Waals surface area contributed by atoms with E-state index in [2.05, 4.69) is 10.6 Å². The van der Waals surface area contributed by atoms with Gasteiger partial charge in [0, 0.05) is 12.8 Å². The molecule has 2 aliphatic rings. The van der Waals surface area contributed by atoms with Crippen LogP contribution in [0.2, 0.25) is 0 Å². The molecule has 0 saturated carbocycles. The molecule has 2 aliphatic heterocycles. The van der Waals surface area contributed by atoms with E-state index in [4.69, 9.17) is 4.74 Å². The van der Waals surface area contributed by atoms with Crippen LogP contribution >= 0.6 is 0 Å². The van der Waals surface area contributed by atoms with Crippen LogP contribution < -0.4 is 15.4 Å². The van der Waals surface area contributed by atoms with Crippen molar-refractivity contribution in [2.24, 2.45) is 0 Å². The number of fused-ring (bicyclic) bond motifs is 1. The first kappa shape index (κ1) is 12.0. The fourth-order valence-electron chi connectivity index (χ4n) is 2.52. The largest absolute Gasteiger partial charge is 0.488 e. The number of carbonyl (C=O) groups is 2. The summed E-state index contributed by atoms with van der Waals surface area (Å²) in [5.74, 6) is 0.728. The molecule has 5 heteroatoms. The molecule has 0 bridgehead atoms.